The van der Waals surface area contributed by atoms with E-state index in [9.17, 15) is 14.0 Å². The Morgan fingerprint density at radius 1 is 1.38 bits per heavy atom. The van der Waals surface area contributed by atoms with Crippen molar-refractivity contribution in [2.45, 2.75) is 0 Å². The second-order valence-electron chi connectivity index (χ2n) is 3.23. The van der Waals surface area contributed by atoms with E-state index in [4.69, 9.17) is 11.6 Å². The van der Waals surface area contributed by atoms with E-state index in [2.05, 4.69) is 15.9 Å². The van der Waals surface area contributed by atoms with Gasteiger partial charge < -0.3 is 4.90 Å². The van der Waals surface area contributed by atoms with Crippen molar-refractivity contribution < 1.29 is 14.0 Å². The van der Waals surface area contributed by atoms with E-state index in [1.807, 2.05) is 0 Å². The molecule has 3 nitrogen and oxygen atoms in total. The van der Waals surface area contributed by atoms with Crippen molar-refractivity contribution in [3.05, 3.63) is 28.5 Å². The van der Waals surface area contributed by atoms with Crippen molar-refractivity contribution in [3.63, 3.8) is 0 Å². The van der Waals surface area contributed by atoms with Crippen LogP contribution in [-0.2, 0) is 4.79 Å². The maximum atomic E-state index is 13.6. The number of hydrogen-bond acceptors (Lipinski definition) is 2. The van der Waals surface area contributed by atoms with Gasteiger partial charge in [-0.1, -0.05) is 27.5 Å². The standard InChI is InChI=1S/C10H6BrClFNO2/c11-3-4-14-8-6(13)2-1-5(12)7(8)9(15)10(14)16/h1-2H,3-4H2. The van der Waals surface area contributed by atoms with E-state index in [1.54, 1.807) is 0 Å². The highest BCUT2D eigenvalue weighted by atomic mass is 79.9. The smallest absolute Gasteiger partial charge is 0.299 e. The number of carbonyl (C=O) groups excluding carboxylic acids is 2. The molecular weight excluding hydrogens is 300 g/mol. The number of amides is 1. The number of Topliss-reactive ketones (excluding diaryl/α,β-unsaturated/α-hetero) is 1. The van der Waals surface area contributed by atoms with Crippen molar-refractivity contribution in [3.8, 4) is 0 Å². The molecule has 0 saturated carbocycles. The third-order valence-corrected chi connectivity index (χ3v) is 2.99. The topological polar surface area (TPSA) is 37.4 Å². The first-order valence-electron chi connectivity index (χ1n) is 4.48. The fourth-order valence-corrected chi connectivity index (χ4v) is 2.24. The molecule has 0 bridgehead atoms. The Labute approximate surface area is 104 Å². The van der Waals surface area contributed by atoms with Gasteiger partial charge in [0.1, 0.15) is 5.82 Å². The van der Waals surface area contributed by atoms with Crippen molar-refractivity contribution >= 4 is 44.9 Å². The first-order valence-corrected chi connectivity index (χ1v) is 5.98. The Balaban J connectivity index is 2.64. The first kappa shape index (κ1) is 11.5. The van der Waals surface area contributed by atoms with Gasteiger partial charge in [0.15, 0.2) is 0 Å². The van der Waals surface area contributed by atoms with Crippen molar-refractivity contribution in [2.75, 3.05) is 16.8 Å². The molecule has 0 fully saturated rings. The summed E-state index contributed by atoms with van der Waals surface area (Å²) in [4.78, 5) is 24.3. The highest BCUT2D eigenvalue weighted by molar-refractivity contribution is 9.09. The molecule has 0 N–H and O–H groups in total. The van der Waals surface area contributed by atoms with Crippen LogP contribution in [0.5, 0.6) is 0 Å². The molecular formula is C10H6BrClFNO2. The average Bonchev–Trinajstić information content (AvgIpc) is 2.50. The van der Waals surface area contributed by atoms with Crippen LogP contribution in [0.4, 0.5) is 10.1 Å². The zero-order chi connectivity index (χ0) is 11.9. The number of alkyl halides is 1. The summed E-state index contributed by atoms with van der Waals surface area (Å²) >= 11 is 8.93. The van der Waals surface area contributed by atoms with Gasteiger partial charge in [0.2, 0.25) is 0 Å². The second-order valence-corrected chi connectivity index (χ2v) is 4.43. The van der Waals surface area contributed by atoms with E-state index in [0.29, 0.717) is 5.33 Å². The average molecular weight is 307 g/mol. The van der Waals surface area contributed by atoms with Gasteiger partial charge in [-0.05, 0) is 12.1 Å². The van der Waals surface area contributed by atoms with Gasteiger partial charge >= 0.3 is 0 Å². The van der Waals surface area contributed by atoms with Crippen LogP contribution in [-0.4, -0.2) is 23.6 Å². The summed E-state index contributed by atoms with van der Waals surface area (Å²) in [6.07, 6.45) is 0. The maximum absolute atomic E-state index is 13.6. The summed E-state index contributed by atoms with van der Waals surface area (Å²) in [6, 6.07) is 2.42. The molecule has 0 unspecified atom stereocenters. The molecule has 1 amide bonds. The molecule has 6 heteroatoms. The van der Waals surface area contributed by atoms with Crippen molar-refractivity contribution in [1.29, 1.82) is 0 Å². The summed E-state index contributed by atoms with van der Waals surface area (Å²) in [6.45, 7) is 0.231. The van der Waals surface area contributed by atoms with Crippen LogP contribution in [0.3, 0.4) is 0 Å². The Hall–Kier alpha value is -0.940. The molecule has 0 spiro atoms. The van der Waals surface area contributed by atoms with Crippen LogP contribution in [0, 0.1) is 5.82 Å². The monoisotopic (exact) mass is 305 g/mol. The summed E-state index contributed by atoms with van der Waals surface area (Å²) in [5.74, 6) is -2.10. The Morgan fingerprint density at radius 2 is 2.06 bits per heavy atom. The summed E-state index contributed by atoms with van der Waals surface area (Å²) in [7, 11) is 0. The third-order valence-electron chi connectivity index (χ3n) is 2.32. The van der Waals surface area contributed by atoms with Crippen molar-refractivity contribution in [2.24, 2.45) is 0 Å². The number of rotatable bonds is 2. The van der Waals surface area contributed by atoms with Gasteiger partial charge in [-0.2, -0.15) is 0 Å². The SMILES string of the molecule is O=C1C(=O)N(CCBr)c2c(F)ccc(Cl)c21. The molecule has 84 valence electrons. The van der Waals surface area contributed by atoms with Crippen LogP contribution in [0.1, 0.15) is 10.4 Å². The van der Waals surface area contributed by atoms with E-state index < -0.39 is 17.5 Å². The van der Waals surface area contributed by atoms with Gasteiger partial charge in [0, 0.05) is 11.9 Å². The fraction of sp³-hybridized carbons (Fsp3) is 0.200. The first-order chi connectivity index (χ1) is 7.57. The minimum Gasteiger partial charge on any atom is -0.301 e. The fourth-order valence-electron chi connectivity index (χ4n) is 1.65. The molecule has 0 saturated heterocycles. The lowest BCUT2D eigenvalue weighted by molar-refractivity contribution is -0.114. The Morgan fingerprint density at radius 3 is 2.69 bits per heavy atom. The van der Waals surface area contributed by atoms with Gasteiger partial charge in [0.05, 0.1) is 16.3 Å². The van der Waals surface area contributed by atoms with Crippen LogP contribution < -0.4 is 4.90 Å². The van der Waals surface area contributed by atoms with Crippen LogP contribution >= 0.6 is 27.5 Å². The van der Waals surface area contributed by atoms with E-state index in [-0.39, 0.29) is 22.8 Å². The molecule has 0 aromatic heterocycles. The maximum Gasteiger partial charge on any atom is 0.299 e. The number of nitrogens with zero attached hydrogens (tertiary/aromatic N) is 1. The molecule has 1 aliphatic rings. The molecule has 1 aliphatic heterocycles. The number of carbonyl (C=O) groups is 2. The summed E-state index contributed by atoms with van der Waals surface area (Å²) in [5, 5.41) is 0.559. The molecule has 16 heavy (non-hydrogen) atoms. The molecule has 0 aliphatic carbocycles. The lowest BCUT2D eigenvalue weighted by Gasteiger charge is -2.15. The zero-order valence-corrected chi connectivity index (χ0v) is 10.3. The summed E-state index contributed by atoms with van der Waals surface area (Å²) < 4.78 is 13.6. The molecule has 0 atom stereocenters. The van der Waals surface area contributed by atoms with Gasteiger partial charge in [0.25, 0.3) is 11.7 Å². The zero-order valence-electron chi connectivity index (χ0n) is 7.97. The Bertz CT molecular complexity index is 492. The quantitative estimate of drug-likeness (QED) is 0.621. The predicted octanol–water partition coefficient (Wildman–Crippen LogP) is 2.40. The van der Waals surface area contributed by atoms with E-state index >= 15 is 0 Å². The number of ketones is 1. The molecule has 1 heterocycles. The normalized spacial score (nSPS) is 14.6. The van der Waals surface area contributed by atoms with Gasteiger partial charge in [-0.3, -0.25) is 9.59 Å². The van der Waals surface area contributed by atoms with Gasteiger partial charge in [-0.15, -0.1) is 0 Å². The van der Waals surface area contributed by atoms with E-state index in [1.165, 1.54) is 6.07 Å². The lowest BCUT2D eigenvalue weighted by Crippen LogP contribution is -2.31. The lowest BCUT2D eigenvalue weighted by atomic mass is 10.1. The van der Waals surface area contributed by atoms with Crippen LogP contribution in [0.25, 0.3) is 0 Å². The highest BCUT2D eigenvalue weighted by Crippen LogP contribution is 2.36. The Kier molecular flexibility index (Phi) is 2.99. The second kappa shape index (κ2) is 4.14. The van der Waals surface area contributed by atoms with Crippen LogP contribution in [0.15, 0.2) is 12.1 Å². The summed E-state index contributed by atoms with van der Waals surface area (Å²) in [5.41, 5.74) is -0.0467. The molecule has 1 aromatic rings. The number of fused-ring (bicyclic) bond motifs is 1. The van der Waals surface area contributed by atoms with Gasteiger partial charge in [-0.25, -0.2) is 4.39 Å². The largest absolute Gasteiger partial charge is 0.301 e. The minimum absolute atomic E-state index is 0.0121. The number of anilines is 1. The molecule has 1 aromatic carbocycles. The molecule has 0 radical (unpaired) electrons. The number of halogens is 3. The van der Waals surface area contributed by atoms with Crippen LogP contribution in [0.2, 0.25) is 5.02 Å². The highest BCUT2D eigenvalue weighted by Gasteiger charge is 2.39. The van der Waals surface area contributed by atoms with E-state index in [0.717, 1.165) is 11.0 Å². The molecule has 2 rings (SSSR count). The predicted molar refractivity (Wildman–Crippen MR) is 61.9 cm³/mol. The minimum atomic E-state index is -0.750. The number of benzene rings is 1. The number of hydrogen-bond donors (Lipinski definition) is 0. The van der Waals surface area contributed by atoms with Crippen molar-refractivity contribution in [1.82, 2.24) is 0 Å². The third kappa shape index (κ3) is 1.55.